The molecule has 90 heavy (non-hydrogen) atoms. The van der Waals surface area contributed by atoms with E-state index < -0.39 is 138 Å². The first-order valence-electron chi connectivity index (χ1n) is 30.7. The summed E-state index contributed by atoms with van der Waals surface area (Å²) in [5, 5.41) is 35.8. The third-order valence-electron chi connectivity index (χ3n) is 14.6. The molecule has 4 aromatic rings. The standard InChI is InChI=1S/C63H94N14O13/c1-35(2)21-23-90-24-22-53(80)72-48(27-40-15-11-10-12-16-40)61(87)74-45(19-20-52(64)79)59(85)76-49(28-41-31-67-44-18-14-13-17-43(41)44)60(86)70-39(9)58(84)77-56(38(7)8)63(89)68-33-55(82)73-50(29-42-32-66-34-69-42)62(88)75-46(25-36(3)4)51(78)30-54(81)71-47(57(65)83)26-37(5)6/h10-18,31-32,34-39,45-51,56,67,78H,19-30,33H2,1-9H3,(H2,64,79)(H2,65,83)(H,66,69)(H,68,89)(H,70,86)(H,71,81)(H,72,80)(H,73,82)(H,74,87)(H,75,88)(H,76,85)(H,77,84). The van der Waals surface area contributed by atoms with Gasteiger partial charge in [-0.2, -0.15) is 0 Å². The van der Waals surface area contributed by atoms with Crippen molar-refractivity contribution in [3.8, 4) is 0 Å². The van der Waals surface area contributed by atoms with E-state index in [1.54, 1.807) is 56.4 Å². The van der Waals surface area contributed by atoms with E-state index in [2.05, 4.69) is 62.8 Å². The van der Waals surface area contributed by atoms with Crippen molar-refractivity contribution in [2.75, 3.05) is 19.8 Å². The maximum Gasteiger partial charge on any atom is 0.243 e. The van der Waals surface area contributed by atoms with E-state index in [9.17, 15) is 57.8 Å². The summed E-state index contributed by atoms with van der Waals surface area (Å²) in [5.74, 6) is -8.54. The number of hydrogen-bond acceptors (Lipinski definition) is 14. The minimum absolute atomic E-state index is 0.0268. The number of primary amides is 2. The van der Waals surface area contributed by atoms with Gasteiger partial charge in [0, 0.05) is 67.7 Å². The number of carbonyl (C=O) groups is 11. The van der Waals surface area contributed by atoms with Gasteiger partial charge in [-0.15, -0.1) is 0 Å². The molecule has 2 aromatic heterocycles. The van der Waals surface area contributed by atoms with Crippen molar-refractivity contribution in [3.63, 3.8) is 0 Å². The Labute approximate surface area is 525 Å². The number of aromatic nitrogens is 3. The molecule has 4 rings (SSSR count). The topological polar surface area (TPSA) is 422 Å². The molecule has 494 valence electrons. The second-order valence-electron chi connectivity index (χ2n) is 24.3. The number of hydrogen-bond donors (Lipinski definition) is 14. The first kappa shape index (κ1) is 73.7. The Bertz CT molecular complexity index is 3010. The van der Waals surface area contributed by atoms with Gasteiger partial charge in [0.05, 0.1) is 38.0 Å². The Morgan fingerprint density at radius 3 is 1.79 bits per heavy atom. The lowest BCUT2D eigenvalue weighted by molar-refractivity contribution is -0.135. The van der Waals surface area contributed by atoms with Gasteiger partial charge in [-0.3, -0.25) is 52.7 Å². The number of fused-ring (bicyclic) bond motifs is 1. The smallest absolute Gasteiger partial charge is 0.243 e. The fourth-order valence-corrected chi connectivity index (χ4v) is 9.69. The number of imidazole rings is 1. The van der Waals surface area contributed by atoms with E-state index in [0.717, 1.165) is 17.3 Å². The number of ether oxygens (including phenoxy) is 1. The van der Waals surface area contributed by atoms with Gasteiger partial charge >= 0.3 is 0 Å². The molecule has 0 fully saturated rings. The number of aliphatic hydroxyl groups excluding tert-OH is 1. The van der Waals surface area contributed by atoms with E-state index in [-0.39, 0.29) is 69.8 Å². The zero-order chi connectivity index (χ0) is 66.6. The average Bonchev–Trinajstić information content (AvgIpc) is 2.09. The molecule has 0 aliphatic heterocycles. The van der Waals surface area contributed by atoms with Crippen molar-refractivity contribution >= 4 is 75.9 Å². The van der Waals surface area contributed by atoms with Crippen LogP contribution < -0.4 is 59.3 Å². The highest BCUT2D eigenvalue weighted by molar-refractivity contribution is 5.98. The number of para-hydroxylation sites is 1. The summed E-state index contributed by atoms with van der Waals surface area (Å²) >= 11 is 0. The number of nitrogens with two attached hydrogens (primary N) is 2. The summed E-state index contributed by atoms with van der Waals surface area (Å²) in [6, 6.07) is 6.14. The van der Waals surface area contributed by atoms with Gasteiger partial charge in [0.25, 0.3) is 0 Å². The van der Waals surface area contributed by atoms with E-state index in [1.807, 2.05) is 59.7 Å². The fourth-order valence-electron chi connectivity index (χ4n) is 9.69. The van der Waals surface area contributed by atoms with E-state index in [4.69, 9.17) is 16.2 Å². The molecule has 27 heteroatoms. The van der Waals surface area contributed by atoms with E-state index in [1.165, 1.54) is 19.4 Å². The number of benzene rings is 2. The summed E-state index contributed by atoms with van der Waals surface area (Å²) in [6.07, 6.45) is 2.97. The van der Waals surface area contributed by atoms with Crippen molar-refractivity contribution in [1.29, 1.82) is 0 Å². The van der Waals surface area contributed by atoms with Gasteiger partial charge in [-0.05, 0) is 73.5 Å². The Kier molecular flexibility index (Phi) is 30.6. The predicted octanol–water partition coefficient (Wildman–Crippen LogP) is 0.636. The lowest BCUT2D eigenvalue weighted by Crippen LogP contribution is -2.60. The number of carbonyl (C=O) groups excluding carboxylic acids is 11. The summed E-state index contributed by atoms with van der Waals surface area (Å²) in [5.41, 5.74) is 13.5. The molecule has 0 radical (unpaired) electrons. The predicted molar refractivity (Wildman–Crippen MR) is 335 cm³/mol. The van der Waals surface area contributed by atoms with Crippen LogP contribution in [0.4, 0.5) is 0 Å². The third kappa shape index (κ3) is 26.2. The first-order valence-corrected chi connectivity index (χ1v) is 30.7. The number of amides is 11. The SMILES string of the molecule is CC(C)CCOCCC(=O)NC(Cc1ccccc1)C(=O)NC(CCC(N)=O)C(=O)NC(Cc1c[nH]c2ccccc12)C(=O)NC(C)C(=O)NC(C(=O)NCC(=O)NC(Cc1cnc[nH]1)C(=O)NC(CC(C)C)C(O)CC(=O)NC(CC(C)C)C(N)=O)C(C)C. The highest BCUT2D eigenvalue weighted by Crippen LogP contribution is 2.20. The van der Waals surface area contributed by atoms with Gasteiger partial charge in [-0.1, -0.05) is 104 Å². The van der Waals surface area contributed by atoms with Gasteiger partial charge < -0.3 is 79.1 Å². The molecule has 0 aliphatic carbocycles. The Hall–Kier alpha value is -8.72. The maximum absolute atomic E-state index is 14.5. The molecule has 16 N–H and O–H groups in total. The second-order valence-corrected chi connectivity index (χ2v) is 24.3. The number of aliphatic hydroxyl groups is 1. The largest absolute Gasteiger partial charge is 0.390 e. The lowest BCUT2D eigenvalue weighted by atomic mass is 9.96. The third-order valence-corrected chi connectivity index (χ3v) is 14.6. The molecule has 2 aromatic carbocycles. The average molecular weight is 1260 g/mol. The van der Waals surface area contributed by atoms with Crippen LogP contribution in [0.3, 0.4) is 0 Å². The molecule has 0 spiro atoms. The molecule has 0 bridgehead atoms. The number of rotatable bonds is 40. The minimum atomic E-state index is -1.46. The normalized spacial score (nSPS) is 14.4. The first-order chi connectivity index (χ1) is 42.6. The van der Waals surface area contributed by atoms with Crippen LogP contribution in [0, 0.1) is 23.7 Å². The minimum Gasteiger partial charge on any atom is -0.390 e. The monoisotopic (exact) mass is 1250 g/mol. The molecule has 11 amide bonds. The van der Waals surface area contributed by atoms with Gasteiger partial charge in [0.2, 0.25) is 65.0 Å². The zero-order valence-electron chi connectivity index (χ0n) is 53.1. The summed E-state index contributed by atoms with van der Waals surface area (Å²) < 4.78 is 5.62. The van der Waals surface area contributed by atoms with Crippen LogP contribution in [0.2, 0.25) is 0 Å². The van der Waals surface area contributed by atoms with Gasteiger partial charge in [0.15, 0.2) is 0 Å². The van der Waals surface area contributed by atoms with Crippen LogP contribution in [-0.2, 0) is 76.7 Å². The summed E-state index contributed by atoms with van der Waals surface area (Å²) in [6.45, 7) is 16.0. The van der Waals surface area contributed by atoms with Gasteiger partial charge in [-0.25, -0.2) is 4.98 Å². The Morgan fingerprint density at radius 1 is 0.556 bits per heavy atom. The van der Waals surface area contributed by atoms with Crippen molar-refractivity contribution in [3.05, 3.63) is 90.1 Å². The maximum atomic E-state index is 14.5. The molecule has 9 unspecified atom stereocenters. The number of nitrogens with zero attached hydrogens (tertiary/aromatic N) is 1. The lowest BCUT2D eigenvalue weighted by Gasteiger charge is -2.28. The number of nitrogens with one attached hydrogen (secondary N) is 11. The quantitative estimate of drug-likeness (QED) is 0.0272. The zero-order valence-corrected chi connectivity index (χ0v) is 53.1. The van der Waals surface area contributed by atoms with Crippen molar-refractivity contribution in [2.45, 2.75) is 181 Å². The van der Waals surface area contributed by atoms with Crippen LogP contribution in [0.15, 0.2) is 73.3 Å². The molecule has 9 atom stereocenters. The van der Waals surface area contributed by atoms with Crippen LogP contribution >= 0.6 is 0 Å². The molecular formula is C63H94N14O13. The van der Waals surface area contributed by atoms with Crippen molar-refractivity contribution < 1.29 is 62.6 Å². The van der Waals surface area contributed by atoms with Gasteiger partial charge in [0.1, 0.15) is 42.3 Å². The summed E-state index contributed by atoms with van der Waals surface area (Å²) in [7, 11) is 0. The molecule has 0 saturated carbocycles. The highest BCUT2D eigenvalue weighted by Gasteiger charge is 2.35. The van der Waals surface area contributed by atoms with E-state index in [0.29, 0.717) is 29.3 Å². The molecule has 2 heterocycles. The molecule has 27 nitrogen and oxygen atoms in total. The van der Waals surface area contributed by atoms with E-state index >= 15 is 0 Å². The molecule has 0 saturated heterocycles. The second kappa shape index (κ2) is 37.3. The number of aromatic amines is 2. The fraction of sp³-hybridized carbons (Fsp3) is 0.556. The van der Waals surface area contributed by atoms with Crippen LogP contribution in [-0.4, -0.2) is 159 Å². The van der Waals surface area contributed by atoms with Crippen molar-refractivity contribution in [2.24, 2.45) is 35.1 Å². The Balaban J connectivity index is 1.48. The molecular weight excluding hydrogens is 1160 g/mol. The summed E-state index contributed by atoms with van der Waals surface area (Å²) in [4.78, 5) is 159. The highest BCUT2D eigenvalue weighted by atomic mass is 16.5. The van der Waals surface area contributed by atoms with Crippen LogP contribution in [0.25, 0.3) is 10.9 Å². The number of H-pyrrole nitrogens is 2. The van der Waals surface area contributed by atoms with Crippen LogP contribution in [0.1, 0.15) is 124 Å². The Morgan fingerprint density at radius 2 is 1.16 bits per heavy atom. The van der Waals surface area contributed by atoms with Crippen molar-refractivity contribution in [1.82, 2.24) is 62.8 Å². The molecule has 0 aliphatic rings. The van der Waals surface area contributed by atoms with Crippen LogP contribution in [0.5, 0.6) is 0 Å².